The highest BCUT2D eigenvalue weighted by atomic mass is 19.3. The van der Waals surface area contributed by atoms with E-state index in [1.54, 1.807) is 18.2 Å². The van der Waals surface area contributed by atoms with Crippen molar-refractivity contribution in [3.8, 4) is 16.9 Å². The van der Waals surface area contributed by atoms with Gasteiger partial charge in [0, 0.05) is 17.5 Å². The second-order valence-corrected chi connectivity index (χ2v) is 5.55. The summed E-state index contributed by atoms with van der Waals surface area (Å²) >= 11 is 0. The van der Waals surface area contributed by atoms with Gasteiger partial charge in [0.15, 0.2) is 0 Å². The molecular formula is C18H17F2NO4. The number of pyridine rings is 1. The molecule has 2 aromatic rings. The lowest BCUT2D eigenvalue weighted by Gasteiger charge is -2.27. The molecule has 2 heterocycles. The molecule has 3 rings (SSSR count). The van der Waals surface area contributed by atoms with Crippen LogP contribution in [0.4, 0.5) is 8.78 Å². The van der Waals surface area contributed by atoms with E-state index in [4.69, 9.17) is 14.2 Å². The molecule has 0 bridgehead atoms. The molecule has 25 heavy (non-hydrogen) atoms. The number of hydrogen-bond donors (Lipinski definition) is 0. The summed E-state index contributed by atoms with van der Waals surface area (Å²) in [6, 6.07) is 6.38. The molecule has 0 N–H and O–H groups in total. The van der Waals surface area contributed by atoms with Gasteiger partial charge in [-0.1, -0.05) is 6.07 Å². The summed E-state index contributed by atoms with van der Waals surface area (Å²) in [6.45, 7) is 0.673. The van der Waals surface area contributed by atoms with Crippen molar-refractivity contribution in [3.05, 3.63) is 47.3 Å². The number of esters is 1. The topological polar surface area (TPSA) is 57.7 Å². The Morgan fingerprint density at radius 1 is 1.28 bits per heavy atom. The summed E-state index contributed by atoms with van der Waals surface area (Å²) in [7, 11) is 2.68. The molecule has 0 aliphatic carbocycles. The molecule has 1 aromatic heterocycles. The van der Waals surface area contributed by atoms with E-state index in [0.717, 1.165) is 12.0 Å². The van der Waals surface area contributed by atoms with Gasteiger partial charge in [-0.25, -0.2) is 13.6 Å². The van der Waals surface area contributed by atoms with Crippen LogP contribution in [-0.2, 0) is 9.47 Å². The molecule has 0 amide bonds. The number of alkyl halides is 2. The molecule has 7 heteroatoms. The molecule has 1 fully saturated rings. The minimum absolute atomic E-state index is 0.0622. The Balaban J connectivity index is 2.19. The molecule has 1 saturated heterocycles. The van der Waals surface area contributed by atoms with Gasteiger partial charge in [0.2, 0.25) is 0 Å². The number of carbonyl (C=O) groups is 1. The van der Waals surface area contributed by atoms with Crippen LogP contribution >= 0.6 is 0 Å². The molecule has 0 spiro atoms. The van der Waals surface area contributed by atoms with E-state index in [9.17, 15) is 13.6 Å². The number of rotatable bonds is 5. The minimum Gasteiger partial charge on any atom is -0.494 e. The van der Waals surface area contributed by atoms with Gasteiger partial charge in [0.05, 0.1) is 38.7 Å². The first kappa shape index (κ1) is 17.3. The zero-order valence-electron chi connectivity index (χ0n) is 13.8. The highest BCUT2D eigenvalue weighted by Crippen LogP contribution is 2.38. The summed E-state index contributed by atoms with van der Waals surface area (Å²) in [5, 5.41) is 0. The van der Waals surface area contributed by atoms with Crippen molar-refractivity contribution < 1.29 is 27.8 Å². The highest BCUT2D eigenvalue weighted by Gasteiger charge is 2.25. The largest absolute Gasteiger partial charge is 0.494 e. The van der Waals surface area contributed by atoms with Crippen LogP contribution in [0.25, 0.3) is 11.1 Å². The Morgan fingerprint density at radius 2 is 2.04 bits per heavy atom. The summed E-state index contributed by atoms with van der Waals surface area (Å²) in [5.41, 5.74) is 1.54. The van der Waals surface area contributed by atoms with Gasteiger partial charge in [0.1, 0.15) is 11.4 Å². The number of nitrogens with zero attached hydrogens (tertiary/aromatic N) is 1. The zero-order chi connectivity index (χ0) is 18.0. The Morgan fingerprint density at radius 3 is 2.60 bits per heavy atom. The number of methoxy groups -OCH3 is 2. The Hall–Kier alpha value is -2.54. The van der Waals surface area contributed by atoms with Crippen LogP contribution in [-0.4, -0.2) is 31.8 Å². The van der Waals surface area contributed by atoms with E-state index in [1.165, 1.54) is 26.5 Å². The number of benzene rings is 1. The predicted molar refractivity (Wildman–Crippen MR) is 85.8 cm³/mol. The lowest BCUT2D eigenvalue weighted by Crippen LogP contribution is -2.18. The van der Waals surface area contributed by atoms with E-state index in [1.807, 2.05) is 0 Å². The van der Waals surface area contributed by atoms with Gasteiger partial charge in [0.25, 0.3) is 6.43 Å². The first-order chi connectivity index (χ1) is 12.0. The normalized spacial score (nSPS) is 16.4. The summed E-state index contributed by atoms with van der Waals surface area (Å²) in [5.74, 6) is -0.269. The Kier molecular flexibility index (Phi) is 4.94. The smallest absolute Gasteiger partial charge is 0.338 e. The maximum Gasteiger partial charge on any atom is 0.338 e. The van der Waals surface area contributed by atoms with Gasteiger partial charge in [-0.3, -0.25) is 4.98 Å². The highest BCUT2D eigenvalue weighted by molar-refractivity contribution is 5.98. The van der Waals surface area contributed by atoms with Gasteiger partial charge < -0.3 is 14.2 Å². The Labute approximate surface area is 143 Å². The first-order valence-corrected chi connectivity index (χ1v) is 7.71. The fourth-order valence-corrected chi connectivity index (χ4v) is 2.72. The second kappa shape index (κ2) is 7.14. The second-order valence-electron chi connectivity index (χ2n) is 5.55. The van der Waals surface area contributed by atoms with Crippen molar-refractivity contribution in [2.75, 3.05) is 20.8 Å². The molecule has 1 unspecified atom stereocenters. The van der Waals surface area contributed by atoms with Crippen LogP contribution in [0, 0.1) is 0 Å². The van der Waals surface area contributed by atoms with Crippen molar-refractivity contribution in [2.45, 2.75) is 19.0 Å². The third kappa shape index (κ3) is 3.32. The number of halogens is 2. The van der Waals surface area contributed by atoms with Crippen molar-refractivity contribution in [1.29, 1.82) is 0 Å². The first-order valence-electron chi connectivity index (χ1n) is 7.71. The van der Waals surface area contributed by atoms with Crippen LogP contribution in [0.5, 0.6) is 5.75 Å². The summed E-state index contributed by atoms with van der Waals surface area (Å²) in [6.07, 6.45) is -0.700. The SMILES string of the molecule is COC(=O)c1ccc(C2CCO2)cc1-c1cc(C(F)F)ncc1OC. The summed E-state index contributed by atoms with van der Waals surface area (Å²) in [4.78, 5) is 15.8. The molecule has 1 atom stereocenters. The maximum absolute atomic E-state index is 13.1. The zero-order valence-corrected chi connectivity index (χ0v) is 13.8. The predicted octanol–water partition coefficient (Wildman–Crippen LogP) is 3.94. The third-order valence-electron chi connectivity index (χ3n) is 4.14. The molecule has 0 saturated carbocycles. The van der Waals surface area contributed by atoms with Crippen LogP contribution in [0.3, 0.4) is 0 Å². The van der Waals surface area contributed by atoms with E-state index < -0.39 is 18.1 Å². The number of ether oxygens (including phenoxy) is 3. The average molecular weight is 349 g/mol. The van der Waals surface area contributed by atoms with Crippen LogP contribution in [0.15, 0.2) is 30.5 Å². The molecule has 1 aliphatic rings. The van der Waals surface area contributed by atoms with E-state index in [-0.39, 0.29) is 11.7 Å². The van der Waals surface area contributed by atoms with Crippen molar-refractivity contribution in [2.24, 2.45) is 0 Å². The minimum atomic E-state index is -2.73. The molecular weight excluding hydrogens is 332 g/mol. The number of aromatic nitrogens is 1. The van der Waals surface area contributed by atoms with Crippen molar-refractivity contribution in [3.63, 3.8) is 0 Å². The molecule has 5 nitrogen and oxygen atoms in total. The maximum atomic E-state index is 13.1. The lowest BCUT2D eigenvalue weighted by molar-refractivity contribution is -0.0527. The number of hydrogen-bond acceptors (Lipinski definition) is 5. The van der Waals surface area contributed by atoms with E-state index in [0.29, 0.717) is 23.5 Å². The quantitative estimate of drug-likeness (QED) is 0.765. The van der Waals surface area contributed by atoms with Crippen molar-refractivity contribution in [1.82, 2.24) is 4.98 Å². The molecule has 132 valence electrons. The van der Waals surface area contributed by atoms with E-state index >= 15 is 0 Å². The molecule has 0 radical (unpaired) electrons. The fraction of sp³-hybridized carbons (Fsp3) is 0.333. The lowest BCUT2D eigenvalue weighted by atomic mass is 9.93. The van der Waals surface area contributed by atoms with Crippen LogP contribution < -0.4 is 4.74 Å². The molecule has 1 aromatic carbocycles. The van der Waals surface area contributed by atoms with Gasteiger partial charge in [-0.2, -0.15) is 0 Å². The molecule has 1 aliphatic heterocycles. The monoisotopic (exact) mass is 349 g/mol. The Bertz CT molecular complexity index is 791. The van der Waals surface area contributed by atoms with Gasteiger partial charge in [-0.15, -0.1) is 0 Å². The van der Waals surface area contributed by atoms with E-state index in [2.05, 4.69) is 4.98 Å². The average Bonchev–Trinajstić information content (AvgIpc) is 2.58. The van der Waals surface area contributed by atoms with Gasteiger partial charge in [-0.05, 0) is 23.8 Å². The summed E-state index contributed by atoms with van der Waals surface area (Å²) < 4.78 is 41.7. The van der Waals surface area contributed by atoms with Gasteiger partial charge >= 0.3 is 5.97 Å². The third-order valence-corrected chi connectivity index (χ3v) is 4.14. The van der Waals surface area contributed by atoms with Crippen LogP contribution in [0.2, 0.25) is 0 Å². The van der Waals surface area contributed by atoms with Crippen LogP contribution in [0.1, 0.15) is 40.6 Å². The standard InChI is InChI=1S/C18H17F2NO4/c1-23-16-9-21-14(17(19)20)8-13(16)12-7-10(15-5-6-25-15)3-4-11(12)18(22)24-2/h3-4,7-9,15,17H,5-6H2,1-2H3. The van der Waals surface area contributed by atoms with Crippen molar-refractivity contribution >= 4 is 5.97 Å². The number of carbonyl (C=O) groups excluding carboxylic acids is 1. The fourth-order valence-electron chi connectivity index (χ4n) is 2.72.